The highest BCUT2D eigenvalue weighted by Gasteiger charge is 2.11. The second-order valence-corrected chi connectivity index (χ2v) is 6.00. The molecule has 6 nitrogen and oxygen atoms in total. The SMILES string of the molecule is O=C(OCCN(CCc1cc(F)cc(F)c1)S(=O)[O-])c1cccnc1. The Labute approximate surface area is 145 Å². The van der Waals surface area contributed by atoms with Crippen LogP contribution in [-0.2, 0) is 22.4 Å². The molecular formula is C16H15F2N2O4S-. The van der Waals surface area contributed by atoms with Gasteiger partial charge in [-0.1, -0.05) is 0 Å². The Morgan fingerprint density at radius 2 is 1.96 bits per heavy atom. The molecule has 0 bridgehead atoms. The zero-order valence-electron chi connectivity index (χ0n) is 13.1. The Balaban J connectivity index is 1.84. The van der Waals surface area contributed by atoms with Crippen molar-refractivity contribution in [3.8, 4) is 0 Å². The fraction of sp³-hybridized carbons (Fsp3) is 0.250. The van der Waals surface area contributed by atoms with Gasteiger partial charge in [-0.25, -0.2) is 17.9 Å². The van der Waals surface area contributed by atoms with E-state index in [0.29, 0.717) is 5.56 Å². The number of pyridine rings is 1. The molecule has 0 aliphatic rings. The molecular weight excluding hydrogens is 354 g/mol. The van der Waals surface area contributed by atoms with E-state index in [1.807, 2.05) is 0 Å². The number of hydrogen-bond acceptors (Lipinski definition) is 5. The maximum atomic E-state index is 13.1. The van der Waals surface area contributed by atoms with E-state index in [-0.39, 0.29) is 31.7 Å². The lowest BCUT2D eigenvalue weighted by molar-refractivity contribution is 0.0488. The molecule has 0 amide bonds. The van der Waals surface area contributed by atoms with Crippen molar-refractivity contribution in [1.29, 1.82) is 0 Å². The number of esters is 1. The van der Waals surface area contributed by atoms with Crippen molar-refractivity contribution >= 4 is 17.2 Å². The zero-order chi connectivity index (χ0) is 18.2. The van der Waals surface area contributed by atoms with Crippen LogP contribution in [0.3, 0.4) is 0 Å². The number of benzene rings is 1. The standard InChI is InChI=1S/C16H16F2N2O4S/c17-14-8-12(9-15(18)10-14)3-5-20(25(22)23)6-7-24-16(21)13-2-1-4-19-11-13/h1-2,4,8-11H,3,5-7H2,(H,22,23)/p-1. The van der Waals surface area contributed by atoms with E-state index < -0.39 is 28.9 Å². The van der Waals surface area contributed by atoms with E-state index in [0.717, 1.165) is 22.5 Å². The summed E-state index contributed by atoms with van der Waals surface area (Å²) in [5.41, 5.74) is 0.591. The van der Waals surface area contributed by atoms with Crippen LogP contribution in [0.2, 0.25) is 0 Å². The molecule has 0 aliphatic carbocycles. The zero-order valence-corrected chi connectivity index (χ0v) is 13.9. The lowest BCUT2D eigenvalue weighted by atomic mass is 10.1. The number of carbonyl (C=O) groups excluding carboxylic acids is 1. The minimum Gasteiger partial charge on any atom is -0.760 e. The molecule has 1 aromatic heterocycles. The Morgan fingerprint density at radius 1 is 1.24 bits per heavy atom. The van der Waals surface area contributed by atoms with Gasteiger partial charge in [0, 0.05) is 42.8 Å². The van der Waals surface area contributed by atoms with Crippen molar-refractivity contribution in [2.45, 2.75) is 6.42 Å². The van der Waals surface area contributed by atoms with Gasteiger partial charge in [-0.15, -0.1) is 0 Å². The van der Waals surface area contributed by atoms with Gasteiger partial charge in [0.1, 0.15) is 18.2 Å². The van der Waals surface area contributed by atoms with Crippen LogP contribution in [0.1, 0.15) is 15.9 Å². The van der Waals surface area contributed by atoms with Gasteiger partial charge in [0.25, 0.3) is 0 Å². The molecule has 134 valence electrons. The highest BCUT2D eigenvalue weighted by Crippen LogP contribution is 2.10. The fourth-order valence-corrected chi connectivity index (χ4v) is 2.54. The normalized spacial score (nSPS) is 12.2. The van der Waals surface area contributed by atoms with Crippen molar-refractivity contribution in [3.63, 3.8) is 0 Å². The first-order valence-electron chi connectivity index (χ1n) is 7.32. The average Bonchev–Trinajstić information content (AvgIpc) is 2.57. The summed E-state index contributed by atoms with van der Waals surface area (Å²) in [5.74, 6) is -2.07. The lowest BCUT2D eigenvalue weighted by Gasteiger charge is -2.23. The summed E-state index contributed by atoms with van der Waals surface area (Å²) >= 11 is -2.55. The number of aromatic nitrogens is 1. The molecule has 1 heterocycles. The fourth-order valence-electron chi connectivity index (χ4n) is 2.08. The van der Waals surface area contributed by atoms with Gasteiger partial charge in [0.15, 0.2) is 0 Å². The Kier molecular flexibility index (Phi) is 7.11. The highest BCUT2D eigenvalue weighted by atomic mass is 32.2. The van der Waals surface area contributed by atoms with Crippen LogP contribution in [0.15, 0.2) is 42.7 Å². The van der Waals surface area contributed by atoms with Crippen LogP contribution in [0.25, 0.3) is 0 Å². The smallest absolute Gasteiger partial charge is 0.339 e. The first kappa shape index (κ1) is 19.1. The van der Waals surface area contributed by atoms with Gasteiger partial charge in [-0.3, -0.25) is 9.19 Å². The number of ether oxygens (including phenoxy) is 1. The third-order valence-corrected chi connectivity index (χ3v) is 4.04. The second kappa shape index (κ2) is 9.30. The van der Waals surface area contributed by atoms with E-state index in [2.05, 4.69) is 4.98 Å². The molecule has 25 heavy (non-hydrogen) atoms. The third kappa shape index (κ3) is 6.29. The number of rotatable bonds is 8. The molecule has 0 aliphatic heterocycles. The predicted molar refractivity (Wildman–Crippen MR) is 85.1 cm³/mol. The monoisotopic (exact) mass is 369 g/mol. The van der Waals surface area contributed by atoms with Gasteiger partial charge < -0.3 is 9.29 Å². The van der Waals surface area contributed by atoms with Crippen LogP contribution in [0, 0.1) is 11.6 Å². The molecule has 0 spiro atoms. The average molecular weight is 369 g/mol. The molecule has 0 radical (unpaired) electrons. The molecule has 9 heteroatoms. The van der Waals surface area contributed by atoms with Crippen LogP contribution < -0.4 is 0 Å². The van der Waals surface area contributed by atoms with E-state index in [4.69, 9.17) is 4.74 Å². The highest BCUT2D eigenvalue weighted by molar-refractivity contribution is 7.76. The van der Waals surface area contributed by atoms with Gasteiger partial charge in [-0.05, 0) is 36.2 Å². The van der Waals surface area contributed by atoms with Crippen LogP contribution >= 0.6 is 0 Å². The number of hydrogen-bond donors (Lipinski definition) is 0. The van der Waals surface area contributed by atoms with Crippen molar-refractivity contribution in [2.24, 2.45) is 0 Å². The lowest BCUT2D eigenvalue weighted by Crippen LogP contribution is -2.32. The van der Waals surface area contributed by atoms with Crippen molar-refractivity contribution in [1.82, 2.24) is 9.29 Å². The maximum absolute atomic E-state index is 13.1. The maximum Gasteiger partial charge on any atom is 0.339 e. The molecule has 0 saturated heterocycles. The van der Waals surface area contributed by atoms with Crippen molar-refractivity contribution in [2.75, 3.05) is 19.7 Å². The van der Waals surface area contributed by atoms with Gasteiger partial charge in [0.2, 0.25) is 0 Å². The summed E-state index contributed by atoms with van der Waals surface area (Å²) in [5, 5.41) is 0. The minimum absolute atomic E-state index is 0.00342. The van der Waals surface area contributed by atoms with E-state index in [1.165, 1.54) is 18.5 Å². The van der Waals surface area contributed by atoms with Crippen molar-refractivity contribution < 1.29 is 27.1 Å². The first-order valence-corrected chi connectivity index (χ1v) is 8.35. The summed E-state index contributed by atoms with van der Waals surface area (Å²) in [6, 6.07) is 6.12. The summed E-state index contributed by atoms with van der Waals surface area (Å²) < 4.78 is 54.7. The molecule has 2 aromatic rings. The van der Waals surface area contributed by atoms with E-state index in [1.54, 1.807) is 6.07 Å². The molecule has 0 fully saturated rings. The molecule has 1 atom stereocenters. The minimum atomic E-state index is -2.55. The Hall–Kier alpha value is -2.23. The number of carbonyl (C=O) groups is 1. The number of nitrogens with zero attached hydrogens (tertiary/aromatic N) is 2. The van der Waals surface area contributed by atoms with Crippen molar-refractivity contribution in [3.05, 3.63) is 65.5 Å². The number of halogens is 2. The molecule has 0 saturated carbocycles. The van der Waals surface area contributed by atoms with E-state index in [9.17, 15) is 22.3 Å². The van der Waals surface area contributed by atoms with Crippen LogP contribution in [0.4, 0.5) is 8.78 Å². The first-order chi connectivity index (χ1) is 12.0. The van der Waals surface area contributed by atoms with Crippen LogP contribution in [0.5, 0.6) is 0 Å². The van der Waals surface area contributed by atoms with Gasteiger partial charge in [0.05, 0.1) is 5.56 Å². The molecule has 0 N–H and O–H groups in total. The largest absolute Gasteiger partial charge is 0.760 e. The molecule has 2 rings (SSSR count). The summed E-state index contributed by atoms with van der Waals surface area (Å²) in [4.78, 5) is 15.5. The van der Waals surface area contributed by atoms with Gasteiger partial charge >= 0.3 is 5.97 Å². The molecule has 1 aromatic carbocycles. The van der Waals surface area contributed by atoms with Gasteiger partial charge in [-0.2, -0.15) is 0 Å². The topological polar surface area (TPSA) is 82.6 Å². The Morgan fingerprint density at radius 3 is 2.56 bits per heavy atom. The summed E-state index contributed by atoms with van der Waals surface area (Å²) in [6.45, 7) is -0.220. The van der Waals surface area contributed by atoms with E-state index >= 15 is 0 Å². The summed E-state index contributed by atoms with van der Waals surface area (Å²) in [7, 11) is 0. The Bertz CT molecular complexity index is 726. The molecule has 1 unspecified atom stereocenters. The predicted octanol–water partition coefficient (Wildman–Crippen LogP) is 1.86. The quantitative estimate of drug-likeness (QED) is 0.524. The second-order valence-electron chi connectivity index (χ2n) is 5.05. The summed E-state index contributed by atoms with van der Waals surface area (Å²) in [6.07, 6.45) is 2.97. The third-order valence-electron chi connectivity index (χ3n) is 3.25. The van der Waals surface area contributed by atoms with Crippen LogP contribution in [-0.4, -0.2) is 43.7 Å².